The summed E-state index contributed by atoms with van der Waals surface area (Å²) in [5, 5.41) is 14.9. The Bertz CT molecular complexity index is 1490. The molecule has 0 radical (unpaired) electrons. The molecular weight excluding hydrogens is 434 g/mol. The Balaban J connectivity index is 1.59. The quantitative estimate of drug-likeness (QED) is 0.445. The Morgan fingerprint density at radius 2 is 1.97 bits per heavy atom. The standard InChI is InChI=1S/C22H16F2N6OS/c1-22(24,13-4-6-17-18(10-13)32-11-26-17)21-28-27-19-8-7-16(29-30(19)21)12-3-5-14(15(23)9-12)20(31)25-2/h3-11H,1-2H3,(H,25,31). The van der Waals surface area contributed by atoms with Crippen LogP contribution in [0.3, 0.4) is 0 Å². The third kappa shape index (κ3) is 3.19. The van der Waals surface area contributed by atoms with Gasteiger partial charge >= 0.3 is 0 Å². The van der Waals surface area contributed by atoms with E-state index in [0.717, 1.165) is 10.2 Å². The molecule has 0 saturated carbocycles. The lowest BCUT2D eigenvalue weighted by Crippen LogP contribution is -2.22. The first-order valence-corrected chi connectivity index (χ1v) is 10.5. The van der Waals surface area contributed by atoms with E-state index < -0.39 is 17.4 Å². The number of aromatic nitrogens is 5. The Labute approximate surface area is 184 Å². The van der Waals surface area contributed by atoms with Crippen LogP contribution in [0.1, 0.15) is 28.7 Å². The minimum Gasteiger partial charge on any atom is -0.355 e. The molecular formula is C22H16F2N6OS. The van der Waals surface area contributed by atoms with Crippen molar-refractivity contribution in [3.8, 4) is 11.3 Å². The van der Waals surface area contributed by atoms with Crippen molar-refractivity contribution in [2.24, 2.45) is 0 Å². The molecule has 3 heterocycles. The van der Waals surface area contributed by atoms with Crippen molar-refractivity contribution < 1.29 is 13.6 Å². The number of hydrogen-bond donors (Lipinski definition) is 1. The van der Waals surface area contributed by atoms with Gasteiger partial charge in [-0.2, -0.15) is 9.61 Å². The van der Waals surface area contributed by atoms with Crippen molar-refractivity contribution >= 4 is 33.1 Å². The lowest BCUT2D eigenvalue weighted by atomic mass is 9.97. The molecule has 0 spiro atoms. The maximum Gasteiger partial charge on any atom is 0.253 e. The van der Waals surface area contributed by atoms with Gasteiger partial charge in [0.1, 0.15) is 5.82 Å². The molecule has 1 N–H and O–H groups in total. The average Bonchev–Trinajstić information content (AvgIpc) is 3.44. The van der Waals surface area contributed by atoms with Gasteiger partial charge in [0.15, 0.2) is 17.1 Å². The van der Waals surface area contributed by atoms with Gasteiger partial charge in [0, 0.05) is 12.6 Å². The van der Waals surface area contributed by atoms with Gasteiger partial charge in [0.05, 0.1) is 27.0 Å². The topological polar surface area (TPSA) is 85.1 Å². The number of amides is 1. The SMILES string of the molecule is CNC(=O)c1ccc(-c2ccc3nnc(C(C)(F)c4ccc5ncsc5c4)n3n2)cc1F. The number of thiazole rings is 1. The minimum absolute atomic E-state index is 0.000619. The van der Waals surface area contributed by atoms with Crippen LogP contribution in [0.25, 0.3) is 27.1 Å². The van der Waals surface area contributed by atoms with E-state index >= 15 is 4.39 Å². The fourth-order valence-corrected chi connectivity index (χ4v) is 4.22. The number of alkyl halides is 1. The number of nitrogens with one attached hydrogen (secondary N) is 1. The summed E-state index contributed by atoms with van der Waals surface area (Å²) in [5.74, 6) is -1.20. The number of halogens is 2. The fourth-order valence-electron chi connectivity index (χ4n) is 3.51. The normalized spacial score (nSPS) is 13.4. The molecule has 2 aromatic carbocycles. The highest BCUT2D eigenvalue weighted by Crippen LogP contribution is 2.35. The maximum absolute atomic E-state index is 16.0. The van der Waals surface area contributed by atoms with Crippen molar-refractivity contribution in [2.45, 2.75) is 12.6 Å². The molecule has 5 aromatic rings. The largest absolute Gasteiger partial charge is 0.355 e. The van der Waals surface area contributed by atoms with E-state index in [1.54, 1.807) is 41.9 Å². The van der Waals surface area contributed by atoms with Crippen molar-refractivity contribution in [1.82, 2.24) is 30.1 Å². The number of nitrogens with zero attached hydrogens (tertiary/aromatic N) is 5. The van der Waals surface area contributed by atoms with Crippen LogP contribution >= 0.6 is 11.3 Å². The molecule has 0 fully saturated rings. The van der Waals surface area contributed by atoms with Gasteiger partial charge in [-0.3, -0.25) is 4.79 Å². The predicted molar refractivity (Wildman–Crippen MR) is 117 cm³/mol. The van der Waals surface area contributed by atoms with Gasteiger partial charge in [0.2, 0.25) is 0 Å². The zero-order valence-electron chi connectivity index (χ0n) is 17.0. The second-order valence-corrected chi connectivity index (χ2v) is 8.21. The number of rotatable bonds is 4. The molecule has 32 heavy (non-hydrogen) atoms. The van der Waals surface area contributed by atoms with Crippen molar-refractivity contribution in [3.63, 3.8) is 0 Å². The molecule has 3 aromatic heterocycles. The van der Waals surface area contributed by atoms with E-state index in [1.165, 1.54) is 42.0 Å². The second-order valence-electron chi connectivity index (χ2n) is 7.32. The number of carbonyl (C=O) groups excluding carboxylic acids is 1. The van der Waals surface area contributed by atoms with Crippen LogP contribution < -0.4 is 5.32 Å². The highest BCUT2D eigenvalue weighted by atomic mass is 32.1. The highest BCUT2D eigenvalue weighted by molar-refractivity contribution is 7.16. The summed E-state index contributed by atoms with van der Waals surface area (Å²) in [6, 6.07) is 12.6. The van der Waals surface area contributed by atoms with E-state index in [2.05, 4.69) is 25.6 Å². The van der Waals surface area contributed by atoms with Gasteiger partial charge in [-0.1, -0.05) is 12.1 Å². The summed E-state index contributed by atoms with van der Waals surface area (Å²) in [4.78, 5) is 16.0. The summed E-state index contributed by atoms with van der Waals surface area (Å²) >= 11 is 1.42. The van der Waals surface area contributed by atoms with Crippen LogP contribution in [0.5, 0.6) is 0 Å². The Kier molecular flexibility index (Phi) is 4.66. The summed E-state index contributed by atoms with van der Waals surface area (Å²) in [7, 11) is 1.43. The second kappa shape index (κ2) is 7.41. The van der Waals surface area contributed by atoms with Crippen LogP contribution in [0.2, 0.25) is 0 Å². The van der Waals surface area contributed by atoms with Crippen molar-refractivity contribution in [3.05, 3.63) is 76.8 Å². The molecule has 0 aliphatic heterocycles. The molecule has 0 aliphatic carbocycles. The summed E-state index contributed by atoms with van der Waals surface area (Å²) in [5.41, 5.74) is 2.01. The van der Waals surface area contributed by atoms with Crippen LogP contribution in [0.4, 0.5) is 8.78 Å². The first kappa shape index (κ1) is 20.1. The molecule has 1 amide bonds. The lowest BCUT2D eigenvalue weighted by molar-refractivity contribution is 0.0959. The Hall–Kier alpha value is -3.79. The molecule has 1 atom stereocenters. The minimum atomic E-state index is -1.99. The number of hydrogen-bond acceptors (Lipinski definition) is 6. The average molecular weight is 450 g/mol. The fraction of sp³-hybridized carbons (Fsp3) is 0.136. The molecule has 10 heteroatoms. The van der Waals surface area contributed by atoms with E-state index in [-0.39, 0.29) is 11.4 Å². The molecule has 7 nitrogen and oxygen atoms in total. The molecule has 0 saturated heterocycles. The predicted octanol–water partition coefficient (Wildman–Crippen LogP) is 4.13. The van der Waals surface area contributed by atoms with Crippen LogP contribution in [-0.2, 0) is 5.67 Å². The summed E-state index contributed by atoms with van der Waals surface area (Å²) < 4.78 is 32.7. The molecule has 0 bridgehead atoms. The van der Waals surface area contributed by atoms with Crippen molar-refractivity contribution in [2.75, 3.05) is 7.05 Å². The van der Waals surface area contributed by atoms with Crippen LogP contribution in [0.15, 0.2) is 54.0 Å². The first-order chi connectivity index (χ1) is 15.4. The van der Waals surface area contributed by atoms with E-state index in [9.17, 15) is 9.18 Å². The van der Waals surface area contributed by atoms with Gasteiger partial charge in [-0.15, -0.1) is 21.5 Å². The molecule has 5 rings (SSSR count). The zero-order valence-corrected chi connectivity index (χ0v) is 17.8. The third-order valence-corrected chi connectivity index (χ3v) is 6.08. The smallest absolute Gasteiger partial charge is 0.253 e. The summed E-state index contributed by atoms with van der Waals surface area (Å²) in [6.45, 7) is 1.40. The molecule has 1 unspecified atom stereocenters. The molecule has 0 aliphatic rings. The third-order valence-electron chi connectivity index (χ3n) is 5.29. The van der Waals surface area contributed by atoms with Gasteiger partial charge < -0.3 is 5.32 Å². The number of carbonyl (C=O) groups is 1. The zero-order chi connectivity index (χ0) is 22.5. The van der Waals surface area contributed by atoms with Gasteiger partial charge in [0.25, 0.3) is 5.91 Å². The lowest BCUT2D eigenvalue weighted by Gasteiger charge is -2.18. The van der Waals surface area contributed by atoms with Crippen LogP contribution in [0, 0.1) is 5.82 Å². The van der Waals surface area contributed by atoms with Gasteiger partial charge in [-0.05, 0) is 48.9 Å². The Morgan fingerprint density at radius 3 is 2.75 bits per heavy atom. The van der Waals surface area contributed by atoms with Gasteiger partial charge in [-0.25, -0.2) is 13.8 Å². The highest BCUT2D eigenvalue weighted by Gasteiger charge is 2.35. The van der Waals surface area contributed by atoms with E-state index in [0.29, 0.717) is 22.5 Å². The molecule has 160 valence electrons. The van der Waals surface area contributed by atoms with Crippen LogP contribution in [-0.4, -0.2) is 37.8 Å². The first-order valence-electron chi connectivity index (χ1n) is 9.66. The Morgan fingerprint density at radius 1 is 1.12 bits per heavy atom. The number of benzene rings is 2. The number of fused-ring (bicyclic) bond motifs is 2. The van der Waals surface area contributed by atoms with Crippen molar-refractivity contribution in [1.29, 1.82) is 0 Å². The van der Waals surface area contributed by atoms with E-state index in [4.69, 9.17) is 0 Å². The summed E-state index contributed by atoms with van der Waals surface area (Å²) in [6.07, 6.45) is 0. The van der Waals surface area contributed by atoms with E-state index in [1.807, 2.05) is 0 Å². The maximum atomic E-state index is 16.0. The monoisotopic (exact) mass is 450 g/mol.